The first kappa shape index (κ1) is 23.9. The number of benzene rings is 1. The first-order valence-electron chi connectivity index (χ1n) is 11.4. The lowest BCUT2D eigenvalue weighted by atomic mass is 10.2. The van der Waals surface area contributed by atoms with E-state index >= 15 is 0 Å². The van der Waals surface area contributed by atoms with Crippen molar-refractivity contribution in [1.29, 1.82) is 0 Å². The smallest absolute Gasteiger partial charge is 0.243 e. The van der Waals surface area contributed by atoms with Crippen LogP contribution in [0.15, 0.2) is 47.5 Å². The summed E-state index contributed by atoms with van der Waals surface area (Å²) in [6, 6.07) is 9.97. The van der Waals surface area contributed by atoms with Crippen LogP contribution in [0.1, 0.15) is 26.2 Å². The van der Waals surface area contributed by atoms with Gasteiger partial charge in [0.05, 0.1) is 21.6 Å². The first-order chi connectivity index (χ1) is 15.9. The molecule has 2 aliphatic heterocycles. The van der Waals surface area contributed by atoms with Crippen LogP contribution in [0.5, 0.6) is 0 Å². The fraction of sp³-hybridized carbons (Fsp3) is 0.478. The number of carbonyl (C=O) groups is 1. The standard InChI is InChI=1S/C23H30ClN5O3S/c1-18(27-13-15-28(16-14-27)22-7-3-4-10-25-22)23(30)26-21-17-19(8-9-20(21)24)33(31,32)29-11-5-2-6-12-29/h3-4,7-10,17-18H,2,5-6,11-16H2,1H3,(H,26,30)/t18-/m1/s1. The predicted octanol–water partition coefficient (Wildman–Crippen LogP) is 3.06. The van der Waals surface area contributed by atoms with E-state index in [1.54, 1.807) is 6.20 Å². The van der Waals surface area contributed by atoms with Crippen molar-refractivity contribution in [2.75, 3.05) is 49.5 Å². The minimum absolute atomic E-state index is 0.153. The number of hydrogen-bond acceptors (Lipinski definition) is 6. The normalized spacial score (nSPS) is 19.3. The Labute approximate surface area is 200 Å². The van der Waals surface area contributed by atoms with E-state index in [0.29, 0.717) is 23.8 Å². The number of rotatable bonds is 6. The van der Waals surface area contributed by atoms with Gasteiger partial charge < -0.3 is 10.2 Å². The zero-order chi connectivity index (χ0) is 23.4. The third-order valence-corrected chi connectivity index (χ3v) is 8.59. The molecule has 3 heterocycles. The van der Waals surface area contributed by atoms with E-state index in [-0.39, 0.29) is 16.8 Å². The van der Waals surface area contributed by atoms with Crippen molar-refractivity contribution in [1.82, 2.24) is 14.2 Å². The molecule has 0 radical (unpaired) electrons. The lowest BCUT2D eigenvalue weighted by molar-refractivity contribution is -0.120. The number of halogens is 1. The molecule has 10 heteroatoms. The number of hydrogen-bond donors (Lipinski definition) is 1. The third kappa shape index (κ3) is 5.48. The van der Waals surface area contributed by atoms with Gasteiger partial charge in [-0.1, -0.05) is 24.1 Å². The highest BCUT2D eigenvalue weighted by Crippen LogP contribution is 2.28. The molecule has 2 aliphatic rings. The van der Waals surface area contributed by atoms with Crippen molar-refractivity contribution in [3.63, 3.8) is 0 Å². The largest absolute Gasteiger partial charge is 0.354 e. The number of piperazine rings is 1. The number of sulfonamides is 1. The van der Waals surface area contributed by atoms with E-state index in [1.807, 2.05) is 25.1 Å². The maximum absolute atomic E-state index is 13.0. The Morgan fingerprint density at radius 1 is 1.03 bits per heavy atom. The van der Waals surface area contributed by atoms with Crippen LogP contribution >= 0.6 is 11.6 Å². The van der Waals surface area contributed by atoms with E-state index in [2.05, 4.69) is 20.1 Å². The molecule has 0 spiro atoms. The first-order valence-corrected chi connectivity index (χ1v) is 13.2. The van der Waals surface area contributed by atoms with Gasteiger partial charge in [0.25, 0.3) is 0 Å². The van der Waals surface area contributed by atoms with Gasteiger partial charge in [-0.15, -0.1) is 0 Å². The Morgan fingerprint density at radius 3 is 2.42 bits per heavy atom. The molecule has 33 heavy (non-hydrogen) atoms. The molecular formula is C23H30ClN5O3S. The van der Waals surface area contributed by atoms with E-state index < -0.39 is 10.0 Å². The number of nitrogens with one attached hydrogen (secondary N) is 1. The summed E-state index contributed by atoms with van der Waals surface area (Å²) in [5.41, 5.74) is 0.318. The molecule has 0 unspecified atom stereocenters. The van der Waals surface area contributed by atoms with E-state index in [1.165, 1.54) is 22.5 Å². The molecule has 8 nitrogen and oxygen atoms in total. The lowest BCUT2D eigenvalue weighted by Crippen LogP contribution is -2.53. The summed E-state index contributed by atoms with van der Waals surface area (Å²) in [7, 11) is -3.61. The van der Waals surface area contributed by atoms with Crippen molar-refractivity contribution >= 4 is 39.0 Å². The molecule has 1 atom stereocenters. The van der Waals surface area contributed by atoms with Crippen LogP contribution in [0.3, 0.4) is 0 Å². The van der Waals surface area contributed by atoms with Crippen molar-refractivity contribution in [2.45, 2.75) is 37.1 Å². The molecule has 178 valence electrons. The van der Waals surface area contributed by atoms with E-state index in [0.717, 1.165) is 51.3 Å². The highest BCUT2D eigenvalue weighted by molar-refractivity contribution is 7.89. The van der Waals surface area contributed by atoms with Gasteiger partial charge in [0, 0.05) is 45.5 Å². The summed E-state index contributed by atoms with van der Waals surface area (Å²) in [5.74, 6) is 0.725. The van der Waals surface area contributed by atoms with Crippen LogP contribution in [-0.2, 0) is 14.8 Å². The second kappa shape index (κ2) is 10.4. The molecule has 2 saturated heterocycles. The second-order valence-electron chi connectivity index (χ2n) is 8.48. The van der Waals surface area contributed by atoms with Gasteiger partial charge in [0.15, 0.2) is 0 Å². The van der Waals surface area contributed by atoms with Crippen molar-refractivity contribution < 1.29 is 13.2 Å². The Kier molecular flexibility index (Phi) is 7.53. The zero-order valence-corrected chi connectivity index (χ0v) is 20.4. The maximum atomic E-state index is 13.0. The van der Waals surface area contributed by atoms with E-state index in [4.69, 9.17) is 11.6 Å². The average molecular weight is 492 g/mol. The number of amides is 1. The molecule has 4 rings (SSSR count). The summed E-state index contributed by atoms with van der Waals surface area (Å²) < 4.78 is 27.5. The van der Waals surface area contributed by atoms with Gasteiger partial charge in [0.1, 0.15) is 5.82 Å². The van der Waals surface area contributed by atoms with Crippen molar-refractivity contribution in [3.05, 3.63) is 47.6 Å². The highest BCUT2D eigenvalue weighted by atomic mass is 35.5. The van der Waals surface area contributed by atoms with Gasteiger partial charge in [-0.05, 0) is 50.1 Å². The van der Waals surface area contributed by atoms with Crippen LogP contribution in [-0.4, -0.2) is 73.8 Å². The number of nitrogens with zero attached hydrogens (tertiary/aromatic N) is 4. The second-order valence-corrected chi connectivity index (χ2v) is 10.8. The maximum Gasteiger partial charge on any atom is 0.243 e. The summed E-state index contributed by atoms with van der Waals surface area (Å²) in [4.78, 5) is 21.8. The molecular weight excluding hydrogens is 462 g/mol. The molecule has 1 N–H and O–H groups in total. The van der Waals surface area contributed by atoms with Crippen LogP contribution in [0.4, 0.5) is 11.5 Å². The van der Waals surface area contributed by atoms with Crippen LogP contribution in [0, 0.1) is 0 Å². The quantitative estimate of drug-likeness (QED) is 0.668. The molecule has 1 aromatic carbocycles. The Balaban J connectivity index is 1.40. The van der Waals surface area contributed by atoms with Gasteiger partial charge in [-0.25, -0.2) is 13.4 Å². The summed E-state index contributed by atoms with van der Waals surface area (Å²) in [6.45, 7) is 5.90. The van der Waals surface area contributed by atoms with Gasteiger partial charge in [0.2, 0.25) is 15.9 Å². The minimum Gasteiger partial charge on any atom is -0.354 e. The monoisotopic (exact) mass is 491 g/mol. The number of piperidine rings is 1. The van der Waals surface area contributed by atoms with Crippen LogP contribution < -0.4 is 10.2 Å². The van der Waals surface area contributed by atoms with E-state index in [9.17, 15) is 13.2 Å². The average Bonchev–Trinajstić information content (AvgIpc) is 2.86. The highest BCUT2D eigenvalue weighted by Gasteiger charge is 2.29. The molecule has 0 aliphatic carbocycles. The number of aromatic nitrogens is 1. The SMILES string of the molecule is C[C@H](C(=O)Nc1cc(S(=O)(=O)N2CCCCC2)ccc1Cl)N1CCN(c2ccccn2)CC1. The topological polar surface area (TPSA) is 85.8 Å². The number of carbonyl (C=O) groups excluding carboxylic acids is 1. The van der Waals surface area contributed by atoms with Crippen molar-refractivity contribution in [2.24, 2.45) is 0 Å². The fourth-order valence-corrected chi connectivity index (χ4v) is 6.01. The summed E-state index contributed by atoms with van der Waals surface area (Å²) in [6.07, 6.45) is 4.55. The van der Waals surface area contributed by atoms with Crippen LogP contribution in [0.25, 0.3) is 0 Å². The molecule has 1 aromatic heterocycles. The Hall–Kier alpha value is -2.20. The molecule has 1 amide bonds. The Morgan fingerprint density at radius 2 is 1.76 bits per heavy atom. The Bertz CT molecular complexity index is 1070. The number of pyridine rings is 1. The summed E-state index contributed by atoms with van der Waals surface area (Å²) >= 11 is 6.30. The van der Waals surface area contributed by atoms with Crippen molar-refractivity contribution in [3.8, 4) is 0 Å². The fourth-order valence-electron chi connectivity index (χ4n) is 4.30. The van der Waals surface area contributed by atoms with Gasteiger partial charge in [-0.3, -0.25) is 9.69 Å². The lowest BCUT2D eigenvalue weighted by Gasteiger charge is -2.38. The zero-order valence-electron chi connectivity index (χ0n) is 18.8. The predicted molar refractivity (Wildman–Crippen MR) is 130 cm³/mol. The minimum atomic E-state index is -3.61. The van der Waals surface area contributed by atoms with Crippen LogP contribution in [0.2, 0.25) is 5.02 Å². The molecule has 0 saturated carbocycles. The summed E-state index contributed by atoms with van der Waals surface area (Å²) in [5, 5.41) is 3.16. The molecule has 2 aromatic rings. The third-order valence-electron chi connectivity index (χ3n) is 6.36. The molecule has 0 bridgehead atoms. The van der Waals surface area contributed by atoms with Gasteiger partial charge in [-0.2, -0.15) is 4.31 Å². The number of anilines is 2. The molecule has 2 fully saturated rings. The van der Waals surface area contributed by atoms with Gasteiger partial charge >= 0.3 is 0 Å².